The summed E-state index contributed by atoms with van der Waals surface area (Å²) in [4.78, 5) is 17.3. The zero-order valence-corrected chi connectivity index (χ0v) is 16.1. The maximum Gasteiger partial charge on any atom is 0.222 e. The first-order chi connectivity index (χ1) is 13.3. The van der Waals surface area contributed by atoms with Crippen LogP contribution >= 0.6 is 0 Å². The molecule has 1 atom stereocenters. The number of carbonyl (C=O) groups excluding carboxylic acids is 1. The first kappa shape index (κ1) is 18.1. The highest BCUT2D eigenvalue weighted by Crippen LogP contribution is 2.36. The quantitative estimate of drug-likeness (QED) is 0.815. The number of nitrogens with zero attached hydrogens (tertiary/aromatic N) is 2. The average molecular weight is 364 g/mol. The van der Waals surface area contributed by atoms with Crippen LogP contribution < -0.4 is 4.74 Å². The fourth-order valence-corrected chi connectivity index (χ4v) is 4.51. The van der Waals surface area contributed by atoms with Gasteiger partial charge in [0.1, 0.15) is 5.75 Å². The summed E-state index contributed by atoms with van der Waals surface area (Å²) in [5.74, 6) is 1.13. The number of aryl methyl sites for hydroxylation is 2. The van der Waals surface area contributed by atoms with E-state index < -0.39 is 0 Å². The Hall–Kier alpha value is -2.33. The number of carbonyl (C=O) groups is 1. The van der Waals surface area contributed by atoms with Crippen molar-refractivity contribution in [2.24, 2.45) is 0 Å². The average Bonchev–Trinajstić information content (AvgIpc) is 3.16. The molecule has 1 heterocycles. The van der Waals surface area contributed by atoms with Crippen molar-refractivity contribution in [3.05, 3.63) is 65.2 Å². The summed E-state index contributed by atoms with van der Waals surface area (Å²) in [7, 11) is 1.68. The van der Waals surface area contributed by atoms with Crippen molar-refractivity contribution in [2.75, 3.05) is 33.3 Å². The summed E-state index contributed by atoms with van der Waals surface area (Å²) in [5.41, 5.74) is 4.10. The van der Waals surface area contributed by atoms with Gasteiger partial charge in [0.05, 0.1) is 7.11 Å². The van der Waals surface area contributed by atoms with Gasteiger partial charge in [-0.1, -0.05) is 42.5 Å². The number of amides is 1. The molecular weight excluding hydrogens is 336 g/mol. The summed E-state index contributed by atoms with van der Waals surface area (Å²) in [6.45, 7) is 3.62. The molecule has 0 aromatic heterocycles. The molecule has 2 aromatic carbocycles. The molecule has 0 spiro atoms. The van der Waals surface area contributed by atoms with Crippen LogP contribution in [-0.2, 0) is 17.6 Å². The third-order valence-electron chi connectivity index (χ3n) is 6.01. The molecule has 142 valence electrons. The molecular formula is C23H28N2O2. The van der Waals surface area contributed by atoms with Gasteiger partial charge in [0.15, 0.2) is 0 Å². The third-order valence-corrected chi connectivity index (χ3v) is 6.01. The largest absolute Gasteiger partial charge is 0.496 e. The molecule has 1 aliphatic heterocycles. The molecule has 0 radical (unpaired) electrons. The molecule has 4 nitrogen and oxygen atoms in total. The molecule has 1 aliphatic carbocycles. The maximum absolute atomic E-state index is 12.7. The predicted octanol–water partition coefficient (Wildman–Crippen LogP) is 3.46. The molecule has 0 N–H and O–H groups in total. The number of para-hydroxylation sites is 1. The zero-order chi connectivity index (χ0) is 18.6. The minimum absolute atomic E-state index is 0.257. The van der Waals surface area contributed by atoms with E-state index in [1.165, 1.54) is 24.0 Å². The summed E-state index contributed by atoms with van der Waals surface area (Å²) in [6.07, 6.45) is 3.67. The maximum atomic E-state index is 12.7. The Kier molecular flexibility index (Phi) is 5.44. The molecule has 2 aliphatic rings. The second kappa shape index (κ2) is 8.13. The Morgan fingerprint density at radius 2 is 1.78 bits per heavy atom. The van der Waals surface area contributed by atoms with Gasteiger partial charge in [-0.2, -0.15) is 0 Å². The van der Waals surface area contributed by atoms with E-state index in [-0.39, 0.29) is 5.91 Å². The number of hydrogen-bond donors (Lipinski definition) is 0. The van der Waals surface area contributed by atoms with Gasteiger partial charge < -0.3 is 9.64 Å². The van der Waals surface area contributed by atoms with Gasteiger partial charge in [0.2, 0.25) is 5.91 Å². The Bertz CT molecular complexity index is 796. The van der Waals surface area contributed by atoms with Crippen LogP contribution in [0.5, 0.6) is 5.75 Å². The van der Waals surface area contributed by atoms with E-state index in [0.717, 1.165) is 43.9 Å². The first-order valence-corrected chi connectivity index (χ1v) is 9.98. The van der Waals surface area contributed by atoms with Crippen molar-refractivity contribution in [1.82, 2.24) is 9.80 Å². The number of benzene rings is 2. The Morgan fingerprint density at radius 1 is 1.04 bits per heavy atom. The van der Waals surface area contributed by atoms with Crippen LogP contribution in [0.15, 0.2) is 48.5 Å². The molecule has 1 amide bonds. The van der Waals surface area contributed by atoms with Crippen molar-refractivity contribution < 1.29 is 9.53 Å². The van der Waals surface area contributed by atoms with Gasteiger partial charge in [-0.25, -0.2) is 0 Å². The van der Waals surface area contributed by atoms with Crippen LogP contribution in [0, 0.1) is 0 Å². The number of ether oxygens (including phenoxy) is 1. The molecule has 0 bridgehead atoms. The number of fused-ring (bicyclic) bond motifs is 1. The molecule has 0 saturated carbocycles. The highest BCUT2D eigenvalue weighted by molar-refractivity contribution is 5.76. The van der Waals surface area contributed by atoms with E-state index in [0.29, 0.717) is 12.5 Å². The Morgan fingerprint density at radius 3 is 2.59 bits per heavy atom. The second-order valence-electron chi connectivity index (χ2n) is 7.48. The lowest BCUT2D eigenvalue weighted by atomic mass is 10.1. The molecule has 1 fully saturated rings. The third kappa shape index (κ3) is 3.86. The van der Waals surface area contributed by atoms with E-state index >= 15 is 0 Å². The van der Waals surface area contributed by atoms with Crippen molar-refractivity contribution in [3.8, 4) is 5.75 Å². The van der Waals surface area contributed by atoms with Crippen LogP contribution in [0.2, 0.25) is 0 Å². The standard InChI is InChI=1S/C23H28N2O2/c1-27-22-9-5-3-7-19(22)11-13-23(26)25-16-14-24(15-17-25)21-12-10-18-6-2-4-8-20(18)21/h2-9,21H,10-17H2,1H3. The topological polar surface area (TPSA) is 32.8 Å². The summed E-state index contributed by atoms with van der Waals surface area (Å²) in [5, 5.41) is 0. The summed E-state index contributed by atoms with van der Waals surface area (Å²) >= 11 is 0. The van der Waals surface area contributed by atoms with Crippen LogP contribution in [0.1, 0.15) is 35.6 Å². The lowest BCUT2D eigenvalue weighted by Gasteiger charge is -2.38. The van der Waals surface area contributed by atoms with Gasteiger partial charge in [-0.05, 0) is 42.0 Å². The van der Waals surface area contributed by atoms with E-state index in [1.807, 2.05) is 29.2 Å². The number of piperazine rings is 1. The van der Waals surface area contributed by atoms with Crippen LogP contribution in [0.4, 0.5) is 0 Å². The predicted molar refractivity (Wildman–Crippen MR) is 107 cm³/mol. The van der Waals surface area contributed by atoms with Gasteiger partial charge in [-0.3, -0.25) is 9.69 Å². The fraction of sp³-hybridized carbons (Fsp3) is 0.435. The highest BCUT2D eigenvalue weighted by Gasteiger charge is 2.30. The molecule has 27 heavy (non-hydrogen) atoms. The first-order valence-electron chi connectivity index (χ1n) is 9.98. The summed E-state index contributed by atoms with van der Waals surface area (Å²) < 4.78 is 5.39. The lowest BCUT2D eigenvalue weighted by molar-refractivity contribution is -0.133. The zero-order valence-electron chi connectivity index (χ0n) is 16.1. The normalized spacial score (nSPS) is 19.7. The second-order valence-corrected chi connectivity index (χ2v) is 7.48. The lowest BCUT2D eigenvalue weighted by Crippen LogP contribution is -2.49. The van der Waals surface area contributed by atoms with Crippen molar-refractivity contribution in [3.63, 3.8) is 0 Å². The minimum atomic E-state index is 0.257. The Labute approximate surface area is 161 Å². The van der Waals surface area contributed by atoms with Gasteiger partial charge in [0.25, 0.3) is 0 Å². The molecule has 2 aromatic rings. The Balaban J connectivity index is 1.30. The smallest absolute Gasteiger partial charge is 0.222 e. The fourth-order valence-electron chi connectivity index (χ4n) is 4.51. The van der Waals surface area contributed by atoms with Gasteiger partial charge in [-0.15, -0.1) is 0 Å². The minimum Gasteiger partial charge on any atom is -0.496 e. The number of hydrogen-bond acceptors (Lipinski definition) is 3. The van der Waals surface area contributed by atoms with E-state index in [1.54, 1.807) is 7.11 Å². The number of methoxy groups -OCH3 is 1. The van der Waals surface area contributed by atoms with E-state index in [2.05, 4.69) is 29.2 Å². The van der Waals surface area contributed by atoms with Crippen molar-refractivity contribution in [2.45, 2.75) is 31.7 Å². The monoisotopic (exact) mass is 364 g/mol. The molecule has 4 heteroatoms. The molecule has 1 saturated heterocycles. The van der Waals surface area contributed by atoms with Crippen LogP contribution in [-0.4, -0.2) is 49.0 Å². The van der Waals surface area contributed by atoms with Crippen molar-refractivity contribution >= 4 is 5.91 Å². The van der Waals surface area contributed by atoms with Crippen LogP contribution in [0.25, 0.3) is 0 Å². The van der Waals surface area contributed by atoms with E-state index in [4.69, 9.17) is 4.74 Å². The van der Waals surface area contributed by atoms with E-state index in [9.17, 15) is 4.79 Å². The van der Waals surface area contributed by atoms with Gasteiger partial charge in [0, 0.05) is 38.6 Å². The molecule has 1 unspecified atom stereocenters. The highest BCUT2D eigenvalue weighted by atomic mass is 16.5. The molecule has 4 rings (SSSR count). The van der Waals surface area contributed by atoms with Crippen LogP contribution in [0.3, 0.4) is 0 Å². The van der Waals surface area contributed by atoms with Crippen molar-refractivity contribution in [1.29, 1.82) is 0 Å². The summed E-state index contributed by atoms with van der Waals surface area (Å²) in [6, 6.07) is 17.3. The number of rotatable bonds is 5. The van der Waals surface area contributed by atoms with Gasteiger partial charge >= 0.3 is 0 Å². The SMILES string of the molecule is COc1ccccc1CCC(=O)N1CCN(C2CCc3ccccc32)CC1.